The standard InChI is InChI=1S/C16H16ClN3O3/c1-10-2-5-12(6-3-10)23-14-7-4-11(17)8-13(14)19-9-15(21)20-16(18)22/h2-8,19H,9H2,1H3,(H3,18,20,21,22). The van der Waals surface area contributed by atoms with Gasteiger partial charge in [-0.2, -0.15) is 0 Å². The number of halogens is 1. The molecule has 2 rings (SSSR count). The van der Waals surface area contributed by atoms with Gasteiger partial charge in [0, 0.05) is 5.02 Å². The predicted octanol–water partition coefficient (Wildman–Crippen LogP) is 3.05. The molecule has 0 radical (unpaired) electrons. The van der Waals surface area contributed by atoms with Crippen molar-refractivity contribution in [3.8, 4) is 11.5 Å². The third-order valence-electron chi connectivity index (χ3n) is 2.89. The van der Waals surface area contributed by atoms with Gasteiger partial charge < -0.3 is 15.8 Å². The quantitative estimate of drug-likeness (QED) is 0.784. The Morgan fingerprint density at radius 2 is 1.87 bits per heavy atom. The van der Waals surface area contributed by atoms with Gasteiger partial charge in [-0.25, -0.2) is 4.79 Å². The minimum absolute atomic E-state index is 0.145. The summed E-state index contributed by atoms with van der Waals surface area (Å²) >= 11 is 5.97. The third-order valence-corrected chi connectivity index (χ3v) is 3.13. The van der Waals surface area contributed by atoms with E-state index in [1.165, 1.54) is 0 Å². The second-order valence-corrected chi connectivity index (χ2v) is 5.26. The maximum absolute atomic E-state index is 11.5. The molecule has 4 N–H and O–H groups in total. The fourth-order valence-electron chi connectivity index (χ4n) is 1.82. The van der Waals surface area contributed by atoms with E-state index in [0.717, 1.165) is 5.56 Å². The van der Waals surface area contributed by atoms with Gasteiger partial charge in [0.25, 0.3) is 0 Å². The number of benzene rings is 2. The third kappa shape index (κ3) is 5.19. The van der Waals surface area contributed by atoms with E-state index in [4.69, 9.17) is 22.1 Å². The molecule has 0 aromatic heterocycles. The van der Waals surface area contributed by atoms with Crippen LogP contribution in [-0.2, 0) is 4.79 Å². The predicted molar refractivity (Wildman–Crippen MR) is 88.9 cm³/mol. The fraction of sp³-hybridized carbons (Fsp3) is 0.125. The molecule has 23 heavy (non-hydrogen) atoms. The lowest BCUT2D eigenvalue weighted by Gasteiger charge is -2.13. The van der Waals surface area contributed by atoms with Gasteiger partial charge in [0.1, 0.15) is 5.75 Å². The molecule has 0 saturated carbocycles. The summed E-state index contributed by atoms with van der Waals surface area (Å²) in [6.07, 6.45) is 0. The van der Waals surface area contributed by atoms with Gasteiger partial charge in [-0.1, -0.05) is 29.3 Å². The molecule has 2 aromatic carbocycles. The van der Waals surface area contributed by atoms with Crippen LogP contribution in [0.4, 0.5) is 10.5 Å². The molecule has 6 nitrogen and oxygen atoms in total. The van der Waals surface area contributed by atoms with Crippen molar-refractivity contribution in [1.82, 2.24) is 5.32 Å². The van der Waals surface area contributed by atoms with Crippen LogP contribution in [0.25, 0.3) is 0 Å². The van der Waals surface area contributed by atoms with Gasteiger partial charge in [0.15, 0.2) is 5.75 Å². The van der Waals surface area contributed by atoms with Gasteiger partial charge in [0.2, 0.25) is 5.91 Å². The van der Waals surface area contributed by atoms with Crippen LogP contribution in [0.3, 0.4) is 0 Å². The number of carbonyl (C=O) groups excluding carboxylic acids is 2. The van der Waals surface area contributed by atoms with Crippen molar-refractivity contribution >= 4 is 29.2 Å². The van der Waals surface area contributed by atoms with Gasteiger partial charge in [-0.3, -0.25) is 10.1 Å². The van der Waals surface area contributed by atoms with Crippen LogP contribution in [0.2, 0.25) is 5.02 Å². The number of hydrogen-bond donors (Lipinski definition) is 3. The number of amides is 3. The molecule has 0 aliphatic rings. The molecule has 0 atom stereocenters. The summed E-state index contributed by atoms with van der Waals surface area (Å²) in [7, 11) is 0. The molecule has 0 unspecified atom stereocenters. The van der Waals surface area contributed by atoms with E-state index in [1.807, 2.05) is 36.5 Å². The first-order valence-corrected chi connectivity index (χ1v) is 7.19. The highest BCUT2D eigenvalue weighted by Gasteiger charge is 2.09. The van der Waals surface area contributed by atoms with E-state index in [2.05, 4.69) is 5.32 Å². The van der Waals surface area contributed by atoms with Crippen LogP contribution in [-0.4, -0.2) is 18.5 Å². The second kappa shape index (κ2) is 7.51. The van der Waals surface area contributed by atoms with Crippen molar-refractivity contribution in [1.29, 1.82) is 0 Å². The molecule has 0 aliphatic carbocycles. The summed E-state index contributed by atoms with van der Waals surface area (Å²) in [4.78, 5) is 22.1. The van der Waals surface area contributed by atoms with Crippen molar-refractivity contribution in [3.05, 3.63) is 53.1 Å². The van der Waals surface area contributed by atoms with Crippen LogP contribution in [0.15, 0.2) is 42.5 Å². The normalized spacial score (nSPS) is 10.0. The average Bonchev–Trinajstić information content (AvgIpc) is 2.49. The Bertz CT molecular complexity index is 717. The number of nitrogens with two attached hydrogens (primary N) is 1. The molecule has 120 valence electrons. The topological polar surface area (TPSA) is 93.4 Å². The van der Waals surface area contributed by atoms with Crippen molar-refractivity contribution in [2.24, 2.45) is 5.73 Å². The highest BCUT2D eigenvalue weighted by atomic mass is 35.5. The van der Waals surface area contributed by atoms with E-state index in [-0.39, 0.29) is 6.54 Å². The number of anilines is 1. The summed E-state index contributed by atoms with van der Waals surface area (Å²) in [6, 6.07) is 11.6. The first-order chi connectivity index (χ1) is 10.9. The number of imide groups is 1. The average molecular weight is 334 g/mol. The largest absolute Gasteiger partial charge is 0.455 e. The van der Waals surface area contributed by atoms with Crippen LogP contribution in [0.1, 0.15) is 5.56 Å². The lowest BCUT2D eigenvalue weighted by molar-refractivity contribution is -0.118. The van der Waals surface area contributed by atoms with Crippen molar-refractivity contribution in [3.63, 3.8) is 0 Å². The Balaban J connectivity index is 2.12. The lowest BCUT2D eigenvalue weighted by atomic mass is 10.2. The van der Waals surface area contributed by atoms with Crippen LogP contribution in [0.5, 0.6) is 11.5 Å². The van der Waals surface area contributed by atoms with Gasteiger partial charge >= 0.3 is 6.03 Å². The Labute approximate surface area is 138 Å². The molecule has 0 saturated heterocycles. The van der Waals surface area contributed by atoms with Gasteiger partial charge in [-0.05, 0) is 37.3 Å². The molecule has 3 amide bonds. The Morgan fingerprint density at radius 1 is 1.17 bits per heavy atom. The Kier molecular flexibility index (Phi) is 5.43. The van der Waals surface area contributed by atoms with E-state index in [1.54, 1.807) is 18.2 Å². The number of nitrogens with one attached hydrogen (secondary N) is 2. The molecular weight excluding hydrogens is 318 g/mol. The van der Waals surface area contributed by atoms with E-state index in [9.17, 15) is 9.59 Å². The molecule has 2 aromatic rings. The molecule has 0 bridgehead atoms. The lowest BCUT2D eigenvalue weighted by Crippen LogP contribution is -2.38. The molecule has 0 fully saturated rings. The number of primary amides is 1. The first-order valence-electron chi connectivity index (χ1n) is 6.81. The summed E-state index contributed by atoms with van der Waals surface area (Å²) in [6.45, 7) is 1.84. The zero-order valence-corrected chi connectivity index (χ0v) is 13.2. The minimum Gasteiger partial charge on any atom is -0.455 e. The number of carbonyl (C=O) groups is 2. The summed E-state index contributed by atoms with van der Waals surface area (Å²) in [5.41, 5.74) is 6.53. The number of urea groups is 1. The zero-order chi connectivity index (χ0) is 16.8. The van der Waals surface area contributed by atoms with E-state index >= 15 is 0 Å². The fourth-order valence-corrected chi connectivity index (χ4v) is 1.99. The van der Waals surface area contributed by atoms with E-state index in [0.29, 0.717) is 22.2 Å². The van der Waals surface area contributed by atoms with Crippen LogP contribution < -0.4 is 21.1 Å². The molecule has 7 heteroatoms. The summed E-state index contributed by atoms with van der Waals surface area (Å²) in [5, 5.41) is 5.31. The smallest absolute Gasteiger partial charge is 0.318 e. The van der Waals surface area contributed by atoms with Crippen LogP contribution in [0, 0.1) is 6.92 Å². The maximum Gasteiger partial charge on any atom is 0.318 e. The van der Waals surface area contributed by atoms with Crippen LogP contribution >= 0.6 is 11.6 Å². The Morgan fingerprint density at radius 3 is 2.52 bits per heavy atom. The van der Waals surface area contributed by atoms with Gasteiger partial charge in [0.05, 0.1) is 12.2 Å². The van der Waals surface area contributed by atoms with Gasteiger partial charge in [-0.15, -0.1) is 0 Å². The SMILES string of the molecule is Cc1ccc(Oc2ccc(Cl)cc2NCC(=O)NC(N)=O)cc1. The minimum atomic E-state index is -0.904. The number of aryl methyl sites for hydroxylation is 1. The maximum atomic E-state index is 11.5. The Hall–Kier alpha value is -2.73. The molecule has 0 spiro atoms. The first kappa shape index (κ1) is 16.6. The number of ether oxygens (including phenoxy) is 1. The van der Waals surface area contributed by atoms with E-state index < -0.39 is 11.9 Å². The molecule has 0 heterocycles. The monoisotopic (exact) mass is 333 g/mol. The second-order valence-electron chi connectivity index (χ2n) is 4.82. The van der Waals surface area contributed by atoms with Crippen molar-refractivity contribution in [2.45, 2.75) is 6.92 Å². The van der Waals surface area contributed by atoms with Crippen molar-refractivity contribution < 1.29 is 14.3 Å². The highest BCUT2D eigenvalue weighted by molar-refractivity contribution is 6.31. The number of rotatable bonds is 5. The summed E-state index contributed by atoms with van der Waals surface area (Å²) < 4.78 is 5.79. The number of hydrogen-bond acceptors (Lipinski definition) is 4. The molecular formula is C16H16ClN3O3. The highest BCUT2D eigenvalue weighted by Crippen LogP contribution is 2.32. The zero-order valence-electron chi connectivity index (χ0n) is 12.4. The summed E-state index contributed by atoms with van der Waals surface area (Å²) in [5.74, 6) is 0.603. The van der Waals surface area contributed by atoms with Crippen molar-refractivity contribution in [2.75, 3.05) is 11.9 Å². The molecule has 0 aliphatic heterocycles.